The maximum absolute atomic E-state index is 13.2. The summed E-state index contributed by atoms with van der Waals surface area (Å²) < 4.78 is 8.86. The van der Waals surface area contributed by atoms with Crippen LogP contribution < -0.4 is 11.3 Å². The molecule has 2 aromatic carbocycles. The molecule has 5 rings (SSSR count). The van der Waals surface area contributed by atoms with Crippen molar-refractivity contribution in [2.45, 2.75) is 0 Å². The van der Waals surface area contributed by atoms with E-state index >= 15 is 0 Å². The van der Waals surface area contributed by atoms with Gasteiger partial charge in [0.25, 0.3) is 11.4 Å². The van der Waals surface area contributed by atoms with E-state index in [4.69, 9.17) is 45.6 Å². The second-order valence-corrected chi connectivity index (χ2v) is 8.49. The number of fused-ring (bicyclic) bond motifs is 1. The Kier molecular flexibility index (Phi) is 4.86. The first kappa shape index (κ1) is 19.9. The van der Waals surface area contributed by atoms with Crippen LogP contribution in [-0.4, -0.2) is 24.3 Å². The van der Waals surface area contributed by atoms with Crippen molar-refractivity contribution in [2.75, 3.05) is 5.73 Å². The van der Waals surface area contributed by atoms with Crippen LogP contribution in [0.15, 0.2) is 57.7 Å². The van der Waals surface area contributed by atoms with Crippen LogP contribution in [0.25, 0.3) is 33.5 Å². The van der Waals surface area contributed by atoms with Crippen molar-refractivity contribution in [3.8, 4) is 23.2 Å². The SMILES string of the molecule is Nc1nc2c(s1)c(=O)n(-c1ccccc1Cl)c(=S)n2-c1nnc(-c2ccccc2Cl)o1. The summed E-state index contributed by atoms with van der Waals surface area (Å²) in [4.78, 5) is 17.5. The topological polar surface area (TPSA) is 105 Å². The third kappa shape index (κ3) is 3.24. The molecule has 5 aromatic rings. The number of nitrogens with two attached hydrogens (primary N) is 1. The van der Waals surface area contributed by atoms with Gasteiger partial charge in [-0.25, -0.2) is 14.1 Å². The molecule has 12 heteroatoms. The van der Waals surface area contributed by atoms with Gasteiger partial charge in [0, 0.05) is 0 Å². The molecule has 8 nitrogen and oxygen atoms in total. The van der Waals surface area contributed by atoms with Crippen molar-refractivity contribution in [3.05, 3.63) is 73.7 Å². The maximum Gasteiger partial charge on any atom is 0.330 e. The van der Waals surface area contributed by atoms with E-state index in [0.717, 1.165) is 11.3 Å². The highest BCUT2D eigenvalue weighted by Crippen LogP contribution is 2.30. The number of halogens is 2. The number of thiazole rings is 1. The fourth-order valence-electron chi connectivity index (χ4n) is 3.07. The molecule has 0 radical (unpaired) electrons. The molecule has 0 saturated heterocycles. The number of benzene rings is 2. The van der Waals surface area contributed by atoms with Crippen molar-refractivity contribution in [1.29, 1.82) is 0 Å². The lowest BCUT2D eigenvalue weighted by molar-refractivity contribution is 0.534. The average Bonchev–Trinajstić information content (AvgIpc) is 3.37. The monoisotopic (exact) mass is 488 g/mol. The first-order valence-corrected chi connectivity index (χ1v) is 10.7. The summed E-state index contributed by atoms with van der Waals surface area (Å²) in [5, 5.41) is 9.18. The second kappa shape index (κ2) is 7.57. The van der Waals surface area contributed by atoms with E-state index in [2.05, 4.69) is 15.2 Å². The fraction of sp³-hybridized carbons (Fsp3) is 0. The zero-order chi connectivity index (χ0) is 21.7. The summed E-state index contributed by atoms with van der Waals surface area (Å²) in [5.41, 5.74) is 6.68. The van der Waals surface area contributed by atoms with Gasteiger partial charge in [0.05, 0.1) is 21.3 Å². The van der Waals surface area contributed by atoms with Crippen LogP contribution >= 0.6 is 46.8 Å². The quantitative estimate of drug-likeness (QED) is 0.359. The number of rotatable bonds is 3. The van der Waals surface area contributed by atoms with Crippen LogP contribution in [0.4, 0.5) is 5.13 Å². The first-order valence-electron chi connectivity index (χ1n) is 8.73. The average molecular weight is 489 g/mol. The van der Waals surface area contributed by atoms with E-state index in [-0.39, 0.29) is 32.2 Å². The third-order valence-corrected chi connectivity index (χ3v) is 6.30. The first-order chi connectivity index (χ1) is 15.0. The van der Waals surface area contributed by atoms with Crippen LogP contribution in [0.3, 0.4) is 0 Å². The molecule has 0 aliphatic heterocycles. The van der Waals surface area contributed by atoms with E-state index in [9.17, 15) is 4.79 Å². The Balaban J connectivity index is 1.83. The van der Waals surface area contributed by atoms with E-state index in [1.807, 2.05) is 0 Å². The van der Waals surface area contributed by atoms with Gasteiger partial charge in [0.2, 0.25) is 0 Å². The van der Waals surface area contributed by atoms with Gasteiger partial charge in [0.15, 0.2) is 15.5 Å². The minimum absolute atomic E-state index is 0.0102. The van der Waals surface area contributed by atoms with E-state index < -0.39 is 5.56 Å². The Hall–Kier alpha value is -3.05. The molecule has 0 saturated carbocycles. The third-order valence-electron chi connectivity index (χ3n) is 4.42. The molecular weight excluding hydrogens is 479 g/mol. The van der Waals surface area contributed by atoms with Crippen molar-refractivity contribution >= 4 is 62.2 Å². The molecule has 3 aromatic heterocycles. The summed E-state index contributed by atoms with van der Waals surface area (Å²) in [6, 6.07) is 13.9. The molecule has 0 atom stereocenters. The molecule has 3 heterocycles. The van der Waals surface area contributed by atoms with Crippen molar-refractivity contribution in [1.82, 2.24) is 24.3 Å². The second-order valence-electron chi connectivity index (χ2n) is 6.28. The zero-order valence-electron chi connectivity index (χ0n) is 15.3. The van der Waals surface area contributed by atoms with E-state index in [0.29, 0.717) is 21.3 Å². The van der Waals surface area contributed by atoms with Gasteiger partial charge in [-0.1, -0.05) is 63.9 Å². The number of aromatic nitrogens is 5. The highest BCUT2D eigenvalue weighted by Gasteiger charge is 2.22. The van der Waals surface area contributed by atoms with Gasteiger partial charge >= 0.3 is 6.01 Å². The zero-order valence-corrected chi connectivity index (χ0v) is 18.5. The Morgan fingerprint density at radius 2 is 1.71 bits per heavy atom. The van der Waals surface area contributed by atoms with Crippen LogP contribution in [0, 0.1) is 4.77 Å². The van der Waals surface area contributed by atoms with Crippen molar-refractivity contribution in [3.63, 3.8) is 0 Å². The minimum Gasteiger partial charge on any atom is -0.403 e. The summed E-state index contributed by atoms with van der Waals surface area (Å²) >= 11 is 19.2. The molecule has 0 amide bonds. The minimum atomic E-state index is -0.399. The van der Waals surface area contributed by atoms with Gasteiger partial charge in [-0.15, -0.1) is 5.10 Å². The highest BCUT2D eigenvalue weighted by molar-refractivity contribution is 7.71. The molecule has 0 fully saturated rings. The predicted molar refractivity (Wildman–Crippen MR) is 123 cm³/mol. The molecule has 0 aliphatic carbocycles. The summed E-state index contributed by atoms with van der Waals surface area (Å²) in [6.07, 6.45) is 0. The van der Waals surface area contributed by atoms with E-state index in [1.165, 1.54) is 9.13 Å². The lowest BCUT2D eigenvalue weighted by Crippen LogP contribution is -2.23. The van der Waals surface area contributed by atoms with E-state index in [1.54, 1.807) is 48.5 Å². The summed E-state index contributed by atoms with van der Waals surface area (Å²) in [5.74, 6) is 0.189. The van der Waals surface area contributed by atoms with Gasteiger partial charge in [0.1, 0.15) is 4.70 Å². The standard InChI is InChI=1S/C19H10Cl2N6O2S2/c20-10-6-2-1-5-9(10)15-24-25-18(29-15)27-14-13(31-17(22)23-14)16(28)26(19(27)30)12-8-4-3-7-11(12)21/h1-8H,(H2,22,23). The van der Waals surface area contributed by atoms with Crippen LogP contribution in [0.5, 0.6) is 0 Å². The fourth-order valence-corrected chi connectivity index (χ4v) is 4.60. The lowest BCUT2D eigenvalue weighted by Gasteiger charge is -2.11. The number of nitrogens with zero attached hydrogens (tertiary/aromatic N) is 5. The number of anilines is 1. The molecule has 0 aliphatic rings. The summed E-state index contributed by atoms with van der Waals surface area (Å²) in [6.45, 7) is 0. The highest BCUT2D eigenvalue weighted by atomic mass is 35.5. The number of nitrogen functional groups attached to an aromatic ring is 1. The molecule has 0 bridgehead atoms. The smallest absolute Gasteiger partial charge is 0.330 e. The predicted octanol–water partition coefficient (Wildman–Crippen LogP) is 4.91. The summed E-state index contributed by atoms with van der Waals surface area (Å²) in [7, 11) is 0. The molecular formula is C19H10Cl2N6O2S2. The molecule has 31 heavy (non-hydrogen) atoms. The van der Waals surface area contributed by atoms with Gasteiger partial charge < -0.3 is 10.2 Å². The van der Waals surface area contributed by atoms with Crippen molar-refractivity contribution < 1.29 is 4.42 Å². The molecule has 0 spiro atoms. The van der Waals surface area contributed by atoms with Crippen LogP contribution in [0.2, 0.25) is 10.0 Å². The number of hydrogen-bond acceptors (Lipinski definition) is 8. The normalized spacial score (nSPS) is 11.3. The van der Waals surface area contributed by atoms with Gasteiger partial charge in [-0.2, -0.15) is 0 Å². The Labute approximate surface area is 193 Å². The van der Waals surface area contributed by atoms with Crippen LogP contribution in [0.1, 0.15) is 0 Å². The lowest BCUT2D eigenvalue weighted by atomic mass is 10.2. The molecule has 154 valence electrons. The molecule has 2 N–H and O–H groups in total. The van der Waals surface area contributed by atoms with Gasteiger partial charge in [-0.05, 0) is 36.5 Å². The molecule has 0 unspecified atom stereocenters. The van der Waals surface area contributed by atoms with Gasteiger partial charge in [-0.3, -0.25) is 4.79 Å². The number of hydrogen-bond donors (Lipinski definition) is 1. The maximum atomic E-state index is 13.2. The Morgan fingerprint density at radius 1 is 1.00 bits per heavy atom. The Morgan fingerprint density at radius 3 is 2.45 bits per heavy atom. The van der Waals surface area contributed by atoms with Crippen molar-refractivity contribution in [2.24, 2.45) is 0 Å². The largest absolute Gasteiger partial charge is 0.403 e. The Bertz CT molecular complexity index is 1590. The van der Waals surface area contributed by atoms with Crippen LogP contribution in [-0.2, 0) is 0 Å². The number of para-hydroxylation sites is 1.